The Morgan fingerprint density at radius 1 is 1.60 bits per heavy atom. The second-order valence-electron chi connectivity index (χ2n) is 4.38. The largest absolute Gasteiger partial charge is 0.428 e. The summed E-state index contributed by atoms with van der Waals surface area (Å²) in [6.07, 6.45) is 1.61. The summed E-state index contributed by atoms with van der Waals surface area (Å²) in [6.45, 7) is 7.60. The van der Waals surface area contributed by atoms with Gasteiger partial charge in [-0.15, -0.1) is 11.6 Å². The Kier molecular flexibility index (Phi) is 3.39. The Morgan fingerprint density at radius 3 is 2.60 bits per heavy atom. The molecule has 1 heterocycles. The quantitative estimate of drug-likeness (QED) is 0.795. The van der Waals surface area contributed by atoms with Crippen molar-refractivity contribution in [3.05, 3.63) is 12.0 Å². The molecule has 0 aliphatic rings. The van der Waals surface area contributed by atoms with Gasteiger partial charge in [-0.3, -0.25) is 10.1 Å². The van der Waals surface area contributed by atoms with Crippen LogP contribution in [0.3, 0.4) is 0 Å². The molecule has 0 aliphatic heterocycles. The molecule has 0 aliphatic carbocycles. The zero-order valence-electron chi connectivity index (χ0n) is 9.30. The van der Waals surface area contributed by atoms with Gasteiger partial charge in [0.2, 0.25) is 5.91 Å². The predicted molar refractivity (Wildman–Crippen MR) is 59.1 cm³/mol. The lowest BCUT2D eigenvalue weighted by molar-refractivity contribution is -0.115. The lowest BCUT2D eigenvalue weighted by atomic mass is 9.94. The topological polar surface area (TPSA) is 55.1 Å². The van der Waals surface area contributed by atoms with Crippen molar-refractivity contribution in [3.8, 4) is 0 Å². The van der Waals surface area contributed by atoms with Crippen LogP contribution < -0.4 is 5.32 Å². The number of carbonyl (C=O) groups is 1. The molecule has 5 heteroatoms. The van der Waals surface area contributed by atoms with Gasteiger partial charge in [-0.1, -0.05) is 20.8 Å². The zero-order valence-corrected chi connectivity index (χ0v) is 10.1. The second kappa shape index (κ2) is 4.23. The molecule has 1 rings (SSSR count). The number of aromatic nitrogens is 1. The van der Waals surface area contributed by atoms with Crippen molar-refractivity contribution in [1.29, 1.82) is 0 Å². The van der Waals surface area contributed by atoms with Gasteiger partial charge in [0.05, 0.1) is 6.20 Å². The fourth-order valence-electron chi connectivity index (χ4n) is 0.883. The predicted octanol–water partition coefficient (Wildman–Crippen LogP) is 2.54. The first-order chi connectivity index (χ1) is 6.80. The first-order valence-corrected chi connectivity index (χ1v) is 5.15. The molecule has 1 aromatic heterocycles. The van der Waals surface area contributed by atoms with Gasteiger partial charge in [0.1, 0.15) is 11.1 Å². The highest BCUT2D eigenvalue weighted by atomic mass is 35.5. The number of carbonyl (C=O) groups excluding carboxylic acids is 1. The molecule has 1 unspecified atom stereocenters. The van der Waals surface area contributed by atoms with E-state index in [1.807, 2.05) is 20.8 Å². The minimum Gasteiger partial charge on any atom is -0.428 e. The van der Waals surface area contributed by atoms with Gasteiger partial charge >= 0.3 is 6.01 Å². The molecule has 0 spiro atoms. The Labute approximate surface area is 94.0 Å². The molecular weight excluding hydrogens is 216 g/mol. The van der Waals surface area contributed by atoms with Crippen molar-refractivity contribution in [2.75, 3.05) is 5.32 Å². The van der Waals surface area contributed by atoms with E-state index < -0.39 is 5.38 Å². The molecule has 0 fully saturated rings. The minimum absolute atomic E-state index is 0.122. The highest BCUT2D eigenvalue weighted by Gasteiger charge is 2.20. The normalized spacial score (nSPS) is 13.7. The molecule has 1 aromatic rings. The second-order valence-corrected chi connectivity index (χ2v) is 5.04. The third-order valence-corrected chi connectivity index (χ3v) is 2.03. The number of rotatable bonds is 2. The third kappa shape index (κ3) is 3.23. The van der Waals surface area contributed by atoms with Crippen LogP contribution in [0.15, 0.2) is 10.6 Å². The summed E-state index contributed by atoms with van der Waals surface area (Å²) in [5, 5.41) is 1.88. The van der Waals surface area contributed by atoms with Crippen LogP contribution in [0.2, 0.25) is 0 Å². The average Bonchev–Trinajstić information content (AvgIpc) is 2.51. The summed E-state index contributed by atoms with van der Waals surface area (Å²) in [5.74, 6) is 0.402. The van der Waals surface area contributed by atoms with Crippen LogP contribution in [0.4, 0.5) is 6.01 Å². The molecule has 0 aromatic carbocycles. The highest BCUT2D eigenvalue weighted by Crippen LogP contribution is 2.24. The van der Waals surface area contributed by atoms with Crippen molar-refractivity contribution in [1.82, 2.24) is 4.98 Å². The Bertz CT molecular complexity index is 353. The smallest absolute Gasteiger partial charge is 0.301 e. The summed E-state index contributed by atoms with van der Waals surface area (Å²) in [4.78, 5) is 15.2. The number of nitrogens with zero attached hydrogens (tertiary/aromatic N) is 1. The molecule has 0 saturated carbocycles. The number of hydrogen-bond acceptors (Lipinski definition) is 3. The maximum Gasteiger partial charge on any atom is 0.301 e. The number of nitrogens with one attached hydrogen (secondary N) is 1. The van der Waals surface area contributed by atoms with E-state index in [1.165, 1.54) is 0 Å². The first kappa shape index (κ1) is 12.0. The molecule has 0 bridgehead atoms. The zero-order chi connectivity index (χ0) is 11.6. The molecule has 0 radical (unpaired) electrons. The lowest BCUT2D eigenvalue weighted by Gasteiger charge is -2.13. The van der Waals surface area contributed by atoms with E-state index in [0.717, 1.165) is 5.76 Å². The van der Waals surface area contributed by atoms with E-state index in [0.29, 0.717) is 0 Å². The van der Waals surface area contributed by atoms with Crippen LogP contribution in [0.1, 0.15) is 33.5 Å². The van der Waals surface area contributed by atoms with E-state index in [9.17, 15) is 4.79 Å². The molecule has 1 amide bonds. The number of oxazole rings is 1. The Morgan fingerprint density at radius 2 is 2.20 bits per heavy atom. The van der Waals surface area contributed by atoms with Gasteiger partial charge in [-0.25, -0.2) is 4.98 Å². The number of alkyl halides is 1. The SMILES string of the molecule is CC(Cl)C(=O)Nc1ncc(C(C)(C)C)o1. The number of amides is 1. The highest BCUT2D eigenvalue weighted by molar-refractivity contribution is 6.32. The van der Waals surface area contributed by atoms with Crippen LogP contribution in [-0.4, -0.2) is 16.3 Å². The molecule has 15 heavy (non-hydrogen) atoms. The van der Waals surface area contributed by atoms with Crippen LogP contribution in [-0.2, 0) is 10.2 Å². The van der Waals surface area contributed by atoms with Crippen molar-refractivity contribution in [2.45, 2.75) is 38.5 Å². The summed E-state index contributed by atoms with van der Waals surface area (Å²) >= 11 is 5.59. The summed E-state index contributed by atoms with van der Waals surface area (Å²) < 4.78 is 5.37. The van der Waals surface area contributed by atoms with E-state index in [4.69, 9.17) is 16.0 Å². The fourth-order valence-corrected chi connectivity index (χ4v) is 0.938. The van der Waals surface area contributed by atoms with Gasteiger partial charge in [0, 0.05) is 5.41 Å². The van der Waals surface area contributed by atoms with Crippen LogP contribution in [0.25, 0.3) is 0 Å². The summed E-state index contributed by atoms with van der Waals surface area (Å²) in [5.41, 5.74) is -0.122. The molecule has 1 atom stereocenters. The van der Waals surface area contributed by atoms with Gasteiger partial charge in [0.25, 0.3) is 0 Å². The standard InChI is InChI=1S/C10H15ClN2O2/c1-6(11)8(14)13-9-12-5-7(15-9)10(2,3)4/h5-6H,1-4H3,(H,12,13,14). The Hall–Kier alpha value is -1.03. The maximum absolute atomic E-state index is 11.2. The average molecular weight is 231 g/mol. The van der Waals surface area contributed by atoms with Crippen molar-refractivity contribution < 1.29 is 9.21 Å². The van der Waals surface area contributed by atoms with Crippen molar-refractivity contribution in [3.63, 3.8) is 0 Å². The number of anilines is 1. The third-order valence-electron chi connectivity index (χ3n) is 1.84. The molecule has 4 nitrogen and oxygen atoms in total. The van der Waals surface area contributed by atoms with Crippen LogP contribution >= 0.6 is 11.6 Å². The van der Waals surface area contributed by atoms with Crippen molar-refractivity contribution >= 4 is 23.5 Å². The summed E-state index contributed by atoms with van der Waals surface area (Å²) in [6, 6.07) is 0.192. The maximum atomic E-state index is 11.2. The lowest BCUT2D eigenvalue weighted by Crippen LogP contribution is -2.20. The van der Waals surface area contributed by atoms with Crippen LogP contribution in [0, 0.1) is 0 Å². The van der Waals surface area contributed by atoms with E-state index in [1.54, 1.807) is 13.1 Å². The van der Waals surface area contributed by atoms with E-state index in [-0.39, 0.29) is 17.3 Å². The van der Waals surface area contributed by atoms with E-state index >= 15 is 0 Å². The number of halogens is 1. The van der Waals surface area contributed by atoms with Gasteiger partial charge in [-0.2, -0.15) is 0 Å². The summed E-state index contributed by atoms with van der Waals surface area (Å²) in [7, 11) is 0. The fraction of sp³-hybridized carbons (Fsp3) is 0.600. The van der Waals surface area contributed by atoms with Gasteiger partial charge in [-0.05, 0) is 6.92 Å². The molecule has 0 saturated heterocycles. The molecule has 1 N–H and O–H groups in total. The molecular formula is C10H15ClN2O2. The van der Waals surface area contributed by atoms with Crippen molar-refractivity contribution in [2.24, 2.45) is 0 Å². The number of hydrogen-bond donors (Lipinski definition) is 1. The minimum atomic E-state index is -0.602. The van der Waals surface area contributed by atoms with Crippen LogP contribution in [0.5, 0.6) is 0 Å². The van der Waals surface area contributed by atoms with E-state index in [2.05, 4.69) is 10.3 Å². The monoisotopic (exact) mass is 230 g/mol. The first-order valence-electron chi connectivity index (χ1n) is 4.72. The van der Waals surface area contributed by atoms with Gasteiger partial charge in [0.15, 0.2) is 0 Å². The Balaban J connectivity index is 2.73. The van der Waals surface area contributed by atoms with Gasteiger partial charge < -0.3 is 4.42 Å². The molecule has 84 valence electrons.